The Labute approximate surface area is 185 Å². The van der Waals surface area contributed by atoms with E-state index in [1.807, 2.05) is 55.5 Å². The molecule has 0 spiro atoms. The number of hydrazone groups is 1. The number of amides is 1. The van der Waals surface area contributed by atoms with Crippen molar-refractivity contribution in [1.29, 1.82) is 0 Å². The molecule has 0 aliphatic carbocycles. The van der Waals surface area contributed by atoms with Crippen LogP contribution in [0.2, 0.25) is 0 Å². The fraction of sp³-hybridized carbons (Fsp3) is 0.250. The highest BCUT2D eigenvalue weighted by molar-refractivity contribution is 9.10. The summed E-state index contributed by atoms with van der Waals surface area (Å²) >= 11 is 3.55. The predicted octanol–water partition coefficient (Wildman–Crippen LogP) is 5.57. The highest BCUT2D eigenvalue weighted by Gasteiger charge is 2.12. The van der Waals surface area contributed by atoms with Crippen LogP contribution in [0.1, 0.15) is 36.5 Å². The van der Waals surface area contributed by atoms with Gasteiger partial charge in [-0.15, -0.1) is 0 Å². The van der Waals surface area contributed by atoms with E-state index in [0.717, 1.165) is 31.9 Å². The van der Waals surface area contributed by atoms with E-state index >= 15 is 0 Å². The van der Waals surface area contributed by atoms with E-state index < -0.39 is 0 Å². The summed E-state index contributed by atoms with van der Waals surface area (Å²) in [6, 6.07) is 15.8. The Morgan fingerprint density at radius 1 is 1.17 bits per heavy atom. The third-order valence-corrected chi connectivity index (χ3v) is 5.66. The topological polar surface area (TPSA) is 59.9 Å². The van der Waals surface area contributed by atoms with Gasteiger partial charge in [-0.3, -0.25) is 4.79 Å². The highest BCUT2D eigenvalue weighted by atomic mass is 79.9. The third kappa shape index (κ3) is 5.00. The second-order valence-corrected chi connectivity index (χ2v) is 8.13. The maximum Gasteiger partial charge on any atom is 0.277 e. The Bertz CT molecular complexity index is 1090. The first-order valence-corrected chi connectivity index (χ1v) is 10.5. The van der Waals surface area contributed by atoms with Gasteiger partial charge in [0.25, 0.3) is 5.91 Å². The van der Waals surface area contributed by atoms with Gasteiger partial charge in [0.1, 0.15) is 11.5 Å². The van der Waals surface area contributed by atoms with Gasteiger partial charge in [-0.25, -0.2) is 5.43 Å². The maximum absolute atomic E-state index is 12.3. The fourth-order valence-corrected chi connectivity index (χ4v) is 3.54. The number of halogens is 1. The lowest BCUT2D eigenvalue weighted by Gasteiger charge is -2.15. The molecule has 1 amide bonds. The molecule has 0 radical (unpaired) electrons. The minimum atomic E-state index is -0.333. The summed E-state index contributed by atoms with van der Waals surface area (Å²) < 4.78 is 12.2. The Morgan fingerprint density at radius 3 is 2.67 bits per heavy atom. The molecule has 3 rings (SSSR count). The first kappa shape index (κ1) is 21.8. The Balaban J connectivity index is 1.70. The van der Waals surface area contributed by atoms with Crippen molar-refractivity contribution in [2.75, 3.05) is 13.7 Å². The van der Waals surface area contributed by atoms with Gasteiger partial charge in [-0.2, -0.15) is 5.10 Å². The van der Waals surface area contributed by atoms with E-state index in [1.54, 1.807) is 13.3 Å². The summed E-state index contributed by atoms with van der Waals surface area (Å²) in [5.74, 6) is 1.34. The first-order chi connectivity index (χ1) is 14.4. The number of hydrogen-bond donors (Lipinski definition) is 1. The average Bonchev–Trinajstić information content (AvgIpc) is 2.74. The number of methoxy groups -OCH3 is 1. The van der Waals surface area contributed by atoms with E-state index in [-0.39, 0.29) is 18.4 Å². The monoisotopic (exact) mass is 468 g/mol. The zero-order valence-electron chi connectivity index (χ0n) is 17.5. The van der Waals surface area contributed by atoms with Gasteiger partial charge in [-0.1, -0.05) is 60.1 Å². The van der Waals surface area contributed by atoms with E-state index in [2.05, 4.69) is 40.3 Å². The Morgan fingerprint density at radius 2 is 1.93 bits per heavy atom. The second kappa shape index (κ2) is 9.76. The van der Waals surface area contributed by atoms with Gasteiger partial charge in [0.2, 0.25) is 0 Å². The molecule has 0 aliphatic heterocycles. The van der Waals surface area contributed by atoms with Crippen LogP contribution in [0.15, 0.2) is 58.1 Å². The third-order valence-electron chi connectivity index (χ3n) is 4.81. The molecule has 0 bridgehead atoms. The van der Waals surface area contributed by atoms with E-state index in [0.29, 0.717) is 11.5 Å². The zero-order valence-corrected chi connectivity index (χ0v) is 19.1. The molecule has 0 saturated carbocycles. The van der Waals surface area contributed by atoms with Crippen molar-refractivity contribution in [1.82, 2.24) is 5.43 Å². The van der Waals surface area contributed by atoms with Crippen LogP contribution in [-0.4, -0.2) is 25.8 Å². The van der Waals surface area contributed by atoms with Crippen LogP contribution in [0, 0.1) is 6.92 Å². The molecule has 1 N–H and O–H groups in total. The van der Waals surface area contributed by atoms with Crippen LogP contribution in [0.3, 0.4) is 0 Å². The smallest absolute Gasteiger partial charge is 0.277 e. The Hall–Kier alpha value is -2.86. The van der Waals surface area contributed by atoms with Gasteiger partial charge >= 0.3 is 0 Å². The molecule has 30 heavy (non-hydrogen) atoms. The summed E-state index contributed by atoms with van der Waals surface area (Å²) in [4.78, 5) is 12.3. The summed E-state index contributed by atoms with van der Waals surface area (Å²) in [5.41, 5.74) is 5.44. The van der Waals surface area contributed by atoms with Gasteiger partial charge in [0.05, 0.1) is 13.3 Å². The molecule has 3 aromatic rings. The quantitative estimate of drug-likeness (QED) is 0.364. The van der Waals surface area contributed by atoms with Crippen molar-refractivity contribution in [3.05, 3.63) is 69.7 Å². The summed E-state index contributed by atoms with van der Waals surface area (Å²) in [5, 5.41) is 6.18. The second-order valence-electron chi connectivity index (χ2n) is 7.28. The number of fused-ring (bicyclic) bond motifs is 1. The molecule has 6 heteroatoms. The summed E-state index contributed by atoms with van der Waals surface area (Å²) in [6.07, 6.45) is 1.60. The Kier molecular flexibility index (Phi) is 7.11. The number of ether oxygens (including phenoxy) is 2. The van der Waals surface area contributed by atoms with Crippen molar-refractivity contribution in [2.24, 2.45) is 5.10 Å². The van der Waals surface area contributed by atoms with E-state index in [9.17, 15) is 4.79 Å². The number of rotatable bonds is 7. The van der Waals surface area contributed by atoms with Crippen LogP contribution in [0.4, 0.5) is 0 Å². The lowest BCUT2D eigenvalue weighted by atomic mass is 10.0. The van der Waals surface area contributed by atoms with Crippen LogP contribution in [-0.2, 0) is 4.79 Å². The number of nitrogens with zero attached hydrogens (tertiary/aromatic N) is 1. The number of carbonyl (C=O) groups excluding carboxylic acids is 1. The van der Waals surface area contributed by atoms with Crippen molar-refractivity contribution < 1.29 is 14.3 Å². The molecule has 5 nitrogen and oxygen atoms in total. The number of aryl methyl sites for hydroxylation is 1. The molecule has 0 saturated heterocycles. The normalized spacial score (nSPS) is 11.3. The molecule has 0 unspecified atom stereocenters. The van der Waals surface area contributed by atoms with Gasteiger partial charge in [-0.05, 0) is 52.9 Å². The predicted molar refractivity (Wildman–Crippen MR) is 125 cm³/mol. The SMILES string of the molecule is COc1ccc2ccccc2c1/C=N/NC(=O)COc1cc(C)c(Br)cc1C(C)C. The molecule has 156 valence electrons. The van der Waals surface area contributed by atoms with Crippen molar-refractivity contribution in [3.63, 3.8) is 0 Å². The van der Waals surface area contributed by atoms with E-state index in [1.165, 1.54) is 0 Å². The molecule has 0 heterocycles. The summed E-state index contributed by atoms with van der Waals surface area (Å²) in [6.45, 7) is 6.05. The zero-order chi connectivity index (χ0) is 21.7. The van der Waals surface area contributed by atoms with Gasteiger partial charge < -0.3 is 9.47 Å². The van der Waals surface area contributed by atoms with Gasteiger partial charge in [0.15, 0.2) is 6.61 Å². The molecule has 0 atom stereocenters. The highest BCUT2D eigenvalue weighted by Crippen LogP contribution is 2.32. The first-order valence-electron chi connectivity index (χ1n) is 9.71. The van der Waals surface area contributed by atoms with Crippen LogP contribution in [0.5, 0.6) is 11.5 Å². The molecule has 0 aliphatic rings. The standard InChI is InChI=1S/C24H25BrN2O3/c1-15(2)19-12-21(25)16(3)11-23(19)30-14-24(28)27-26-13-20-18-8-6-5-7-17(18)9-10-22(20)29-4/h5-13,15H,14H2,1-4H3,(H,27,28)/b26-13+. The number of carbonyl (C=O) groups is 1. The summed E-state index contributed by atoms with van der Waals surface area (Å²) in [7, 11) is 1.61. The van der Waals surface area contributed by atoms with Crippen molar-refractivity contribution in [2.45, 2.75) is 26.7 Å². The maximum atomic E-state index is 12.3. The number of nitrogens with one attached hydrogen (secondary N) is 1. The average molecular weight is 469 g/mol. The lowest BCUT2D eigenvalue weighted by Crippen LogP contribution is -2.25. The number of hydrogen-bond acceptors (Lipinski definition) is 4. The number of benzene rings is 3. The van der Waals surface area contributed by atoms with Gasteiger partial charge in [0, 0.05) is 10.0 Å². The van der Waals surface area contributed by atoms with Crippen LogP contribution < -0.4 is 14.9 Å². The molecule has 3 aromatic carbocycles. The minimum absolute atomic E-state index is 0.120. The minimum Gasteiger partial charge on any atom is -0.496 e. The van der Waals surface area contributed by atoms with Crippen LogP contribution >= 0.6 is 15.9 Å². The molecule has 0 aromatic heterocycles. The fourth-order valence-electron chi connectivity index (χ4n) is 3.18. The van der Waals surface area contributed by atoms with E-state index in [4.69, 9.17) is 9.47 Å². The van der Waals surface area contributed by atoms with Crippen molar-refractivity contribution in [3.8, 4) is 11.5 Å². The molecular formula is C24H25BrN2O3. The molecule has 0 fully saturated rings. The van der Waals surface area contributed by atoms with Crippen LogP contribution in [0.25, 0.3) is 10.8 Å². The largest absolute Gasteiger partial charge is 0.496 e. The lowest BCUT2D eigenvalue weighted by molar-refractivity contribution is -0.123. The van der Waals surface area contributed by atoms with Crippen molar-refractivity contribution >= 4 is 38.8 Å². The molecular weight excluding hydrogens is 444 g/mol.